The lowest BCUT2D eigenvalue weighted by Crippen LogP contribution is -2.50. The number of aryl methyl sites for hydroxylation is 2. The minimum absolute atomic E-state index is 0.00823. The number of carbonyl (C=O) groups is 1. The summed E-state index contributed by atoms with van der Waals surface area (Å²) in [7, 11) is 0. The van der Waals surface area contributed by atoms with E-state index in [2.05, 4.69) is 15.1 Å². The Kier molecular flexibility index (Phi) is 6.82. The van der Waals surface area contributed by atoms with Crippen molar-refractivity contribution < 1.29 is 9.53 Å². The van der Waals surface area contributed by atoms with E-state index in [0.29, 0.717) is 41.9 Å². The largest absolute Gasteiger partial charge is 0.483 e. The van der Waals surface area contributed by atoms with Crippen molar-refractivity contribution in [2.45, 2.75) is 13.8 Å². The third-order valence-corrected chi connectivity index (χ3v) is 6.11. The fourth-order valence-electron chi connectivity index (χ4n) is 3.77. The Bertz CT molecular complexity index is 1090. The molecule has 4 rings (SSSR count). The van der Waals surface area contributed by atoms with Crippen LogP contribution in [0, 0.1) is 13.8 Å². The summed E-state index contributed by atoms with van der Waals surface area (Å²) in [6.45, 7) is 6.61. The lowest BCUT2D eigenvalue weighted by molar-refractivity contribution is -0.133. The van der Waals surface area contributed by atoms with Crippen molar-refractivity contribution in [2.75, 3.05) is 37.7 Å². The van der Waals surface area contributed by atoms with Gasteiger partial charge in [-0.05, 0) is 55.3 Å². The number of hydrogen-bond donors (Lipinski definition) is 0. The number of rotatable bonds is 5. The SMILES string of the molecule is Cc1cccc(C)c1OCC(=O)N1CCN(c2ccc(-c3ccc(Cl)cc3Cl)nn2)CC1. The van der Waals surface area contributed by atoms with Crippen LogP contribution in [0.25, 0.3) is 11.3 Å². The van der Waals surface area contributed by atoms with Crippen LogP contribution in [0.1, 0.15) is 11.1 Å². The van der Waals surface area contributed by atoms with Crippen LogP contribution in [0.5, 0.6) is 5.75 Å². The normalized spacial score (nSPS) is 13.9. The molecular weight excluding hydrogens is 447 g/mol. The lowest BCUT2D eigenvalue weighted by Gasteiger charge is -2.35. The summed E-state index contributed by atoms with van der Waals surface area (Å²) in [4.78, 5) is 16.6. The molecular formula is C24H24Cl2N4O2. The van der Waals surface area contributed by atoms with E-state index in [-0.39, 0.29) is 12.5 Å². The first-order valence-corrected chi connectivity index (χ1v) is 11.2. The number of halogens is 2. The van der Waals surface area contributed by atoms with Crippen LogP contribution in [0.4, 0.5) is 5.82 Å². The Morgan fingerprint density at radius 1 is 0.969 bits per heavy atom. The molecule has 6 nitrogen and oxygen atoms in total. The molecule has 0 atom stereocenters. The maximum atomic E-state index is 12.6. The van der Waals surface area contributed by atoms with E-state index < -0.39 is 0 Å². The second-order valence-corrected chi connectivity index (χ2v) is 8.62. The van der Waals surface area contributed by atoms with Crippen LogP contribution < -0.4 is 9.64 Å². The van der Waals surface area contributed by atoms with Gasteiger partial charge >= 0.3 is 0 Å². The fraction of sp³-hybridized carbons (Fsp3) is 0.292. The van der Waals surface area contributed by atoms with Gasteiger partial charge in [-0.3, -0.25) is 4.79 Å². The number of para-hydroxylation sites is 1. The van der Waals surface area contributed by atoms with Crippen molar-refractivity contribution in [1.29, 1.82) is 0 Å². The van der Waals surface area contributed by atoms with Gasteiger partial charge in [0, 0.05) is 36.8 Å². The van der Waals surface area contributed by atoms with Crippen LogP contribution >= 0.6 is 23.2 Å². The summed E-state index contributed by atoms with van der Waals surface area (Å²) in [6.07, 6.45) is 0. The van der Waals surface area contributed by atoms with Crippen molar-refractivity contribution in [1.82, 2.24) is 15.1 Å². The minimum Gasteiger partial charge on any atom is -0.483 e. The summed E-state index contributed by atoms with van der Waals surface area (Å²) < 4.78 is 5.82. The molecule has 1 fully saturated rings. The molecule has 1 saturated heterocycles. The van der Waals surface area contributed by atoms with Gasteiger partial charge in [0.25, 0.3) is 5.91 Å². The number of amides is 1. The van der Waals surface area contributed by atoms with Crippen molar-refractivity contribution in [3.8, 4) is 17.0 Å². The third-order valence-electron chi connectivity index (χ3n) is 5.56. The number of hydrogen-bond acceptors (Lipinski definition) is 5. The third kappa shape index (κ3) is 4.97. The summed E-state index contributed by atoms with van der Waals surface area (Å²) in [6, 6.07) is 15.1. The van der Waals surface area contributed by atoms with E-state index in [1.54, 1.807) is 12.1 Å². The number of nitrogens with zero attached hydrogens (tertiary/aromatic N) is 4. The summed E-state index contributed by atoms with van der Waals surface area (Å²) in [5.74, 6) is 1.56. The molecule has 0 N–H and O–H groups in total. The average molecular weight is 471 g/mol. The highest BCUT2D eigenvalue weighted by Gasteiger charge is 2.23. The van der Waals surface area contributed by atoms with Crippen LogP contribution in [-0.4, -0.2) is 53.8 Å². The molecule has 0 saturated carbocycles. The number of benzene rings is 2. The molecule has 0 aliphatic carbocycles. The van der Waals surface area contributed by atoms with Crippen molar-refractivity contribution >= 4 is 34.9 Å². The number of piperazine rings is 1. The van der Waals surface area contributed by atoms with Gasteiger partial charge in [0.15, 0.2) is 12.4 Å². The first kappa shape index (κ1) is 22.4. The molecule has 32 heavy (non-hydrogen) atoms. The first-order valence-electron chi connectivity index (χ1n) is 10.4. The molecule has 3 aromatic rings. The smallest absolute Gasteiger partial charge is 0.260 e. The van der Waals surface area contributed by atoms with Crippen molar-refractivity contribution in [2.24, 2.45) is 0 Å². The van der Waals surface area contributed by atoms with Gasteiger partial charge in [-0.25, -0.2) is 0 Å². The molecule has 1 aliphatic heterocycles. The highest BCUT2D eigenvalue weighted by Crippen LogP contribution is 2.29. The van der Waals surface area contributed by atoms with E-state index in [1.807, 2.05) is 55.1 Å². The average Bonchev–Trinajstić information content (AvgIpc) is 2.79. The minimum atomic E-state index is -0.00823. The van der Waals surface area contributed by atoms with E-state index in [0.717, 1.165) is 28.3 Å². The number of aromatic nitrogens is 2. The highest BCUT2D eigenvalue weighted by molar-refractivity contribution is 6.36. The van der Waals surface area contributed by atoms with Gasteiger partial charge in [0.2, 0.25) is 0 Å². The first-order chi connectivity index (χ1) is 15.4. The molecule has 0 spiro atoms. The molecule has 0 bridgehead atoms. The molecule has 1 aliphatic rings. The van der Waals surface area contributed by atoms with E-state index in [1.165, 1.54) is 0 Å². The molecule has 0 unspecified atom stereocenters. The van der Waals surface area contributed by atoms with Crippen molar-refractivity contribution in [3.63, 3.8) is 0 Å². The standard InChI is InChI=1S/C24H24Cl2N4O2/c1-16-4-3-5-17(2)24(16)32-15-23(31)30-12-10-29(11-13-30)22-9-8-21(27-28-22)19-7-6-18(25)14-20(19)26/h3-9,14H,10-13,15H2,1-2H3. The predicted octanol–water partition coefficient (Wildman–Crippen LogP) is 4.79. The van der Waals surface area contributed by atoms with Crippen LogP contribution in [0.2, 0.25) is 10.0 Å². The van der Waals surface area contributed by atoms with Gasteiger partial charge in [0.05, 0.1) is 10.7 Å². The predicted molar refractivity (Wildman–Crippen MR) is 128 cm³/mol. The Balaban J connectivity index is 1.33. The Hall–Kier alpha value is -2.83. The van der Waals surface area contributed by atoms with E-state index >= 15 is 0 Å². The van der Waals surface area contributed by atoms with E-state index in [9.17, 15) is 4.79 Å². The Labute approximate surface area is 197 Å². The molecule has 8 heteroatoms. The topological polar surface area (TPSA) is 58.6 Å². The van der Waals surface area contributed by atoms with Gasteiger partial charge in [-0.1, -0.05) is 41.4 Å². The van der Waals surface area contributed by atoms with Crippen molar-refractivity contribution in [3.05, 3.63) is 69.7 Å². The zero-order valence-electron chi connectivity index (χ0n) is 18.0. The van der Waals surface area contributed by atoms with Gasteiger partial charge in [0.1, 0.15) is 5.75 Å². The second kappa shape index (κ2) is 9.76. The van der Waals surface area contributed by atoms with E-state index in [4.69, 9.17) is 27.9 Å². The van der Waals surface area contributed by atoms with Crippen LogP contribution in [0.3, 0.4) is 0 Å². The van der Waals surface area contributed by atoms with Crippen LogP contribution in [-0.2, 0) is 4.79 Å². The Morgan fingerprint density at radius 3 is 2.31 bits per heavy atom. The second-order valence-electron chi connectivity index (χ2n) is 7.78. The molecule has 1 aromatic heterocycles. The lowest BCUT2D eigenvalue weighted by atomic mass is 10.1. The highest BCUT2D eigenvalue weighted by atomic mass is 35.5. The monoisotopic (exact) mass is 470 g/mol. The summed E-state index contributed by atoms with van der Waals surface area (Å²) in [5.41, 5.74) is 3.54. The quantitative estimate of drug-likeness (QED) is 0.536. The number of carbonyl (C=O) groups excluding carboxylic acids is 1. The molecule has 2 heterocycles. The zero-order chi connectivity index (χ0) is 22.7. The number of anilines is 1. The zero-order valence-corrected chi connectivity index (χ0v) is 19.5. The van der Waals surface area contributed by atoms with Crippen LogP contribution in [0.15, 0.2) is 48.5 Å². The molecule has 0 radical (unpaired) electrons. The van der Waals surface area contributed by atoms with Gasteiger partial charge < -0.3 is 14.5 Å². The molecule has 2 aromatic carbocycles. The maximum absolute atomic E-state index is 12.6. The number of ether oxygens (including phenoxy) is 1. The summed E-state index contributed by atoms with van der Waals surface area (Å²) in [5, 5.41) is 9.81. The Morgan fingerprint density at radius 2 is 1.69 bits per heavy atom. The molecule has 1 amide bonds. The maximum Gasteiger partial charge on any atom is 0.260 e. The van der Waals surface area contributed by atoms with Gasteiger partial charge in [-0.2, -0.15) is 0 Å². The fourth-order valence-corrected chi connectivity index (χ4v) is 4.28. The van der Waals surface area contributed by atoms with Gasteiger partial charge in [-0.15, -0.1) is 10.2 Å². The molecule has 166 valence electrons. The summed E-state index contributed by atoms with van der Waals surface area (Å²) >= 11 is 12.2.